The number of piperazine rings is 1. The molecule has 2 aromatic rings. The van der Waals surface area contributed by atoms with Gasteiger partial charge in [-0.15, -0.1) is 0 Å². The van der Waals surface area contributed by atoms with E-state index in [-0.39, 0.29) is 12.5 Å². The van der Waals surface area contributed by atoms with Crippen LogP contribution in [0.3, 0.4) is 0 Å². The van der Waals surface area contributed by atoms with Crippen LogP contribution in [0.4, 0.5) is 5.69 Å². The van der Waals surface area contributed by atoms with E-state index >= 15 is 0 Å². The van der Waals surface area contributed by atoms with Gasteiger partial charge in [-0.2, -0.15) is 0 Å². The zero-order valence-corrected chi connectivity index (χ0v) is 15.4. The molecule has 0 aliphatic carbocycles. The maximum Gasteiger partial charge on any atom is 0.342 e. The van der Waals surface area contributed by atoms with Gasteiger partial charge in [0.05, 0.1) is 6.26 Å². The highest BCUT2D eigenvalue weighted by Crippen LogP contribution is 2.23. The molecular weight excluding hydrogens is 332 g/mol. The summed E-state index contributed by atoms with van der Waals surface area (Å²) in [6, 6.07) is 7.83. The third kappa shape index (κ3) is 3.74. The lowest BCUT2D eigenvalue weighted by molar-refractivity contribution is -0.134. The van der Waals surface area contributed by atoms with Crippen LogP contribution in [0.5, 0.6) is 0 Å². The summed E-state index contributed by atoms with van der Waals surface area (Å²) in [7, 11) is 0. The molecule has 26 heavy (non-hydrogen) atoms. The van der Waals surface area contributed by atoms with Crippen LogP contribution in [-0.4, -0.2) is 49.6 Å². The van der Waals surface area contributed by atoms with E-state index in [2.05, 4.69) is 36.9 Å². The lowest BCUT2D eigenvalue weighted by atomic mass is 10.1. The summed E-state index contributed by atoms with van der Waals surface area (Å²) in [5, 5.41) is 0. The number of carbonyl (C=O) groups is 2. The molecule has 6 heteroatoms. The van der Waals surface area contributed by atoms with Crippen LogP contribution in [0.15, 0.2) is 34.9 Å². The molecule has 0 unspecified atom stereocenters. The number of nitrogens with zero attached hydrogens (tertiary/aromatic N) is 2. The van der Waals surface area contributed by atoms with Gasteiger partial charge in [-0.3, -0.25) is 4.79 Å². The molecule has 1 aliphatic rings. The van der Waals surface area contributed by atoms with Crippen molar-refractivity contribution in [1.29, 1.82) is 0 Å². The molecule has 0 spiro atoms. The number of furan rings is 1. The minimum Gasteiger partial charge on any atom is -0.469 e. The molecule has 6 nitrogen and oxygen atoms in total. The number of hydrogen-bond donors (Lipinski definition) is 0. The zero-order chi connectivity index (χ0) is 18.7. The first kappa shape index (κ1) is 18.0. The Morgan fingerprint density at radius 3 is 2.46 bits per heavy atom. The smallest absolute Gasteiger partial charge is 0.342 e. The minimum absolute atomic E-state index is 0.167. The Balaban J connectivity index is 1.51. The van der Waals surface area contributed by atoms with Crippen molar-refractivity contribution in [3.63, 3.8) is 0 Å². The van der Waals surface area contributed by atoms with Crippen molar-refractivity contribution in [2.45, 2.75) is 20.8 Å². The highest BCUT2D eigenvalue weighted by atomic mass is 16.5. The van der Waals surface area contributed by atoms with Gasteiger partial charge in [0.2, 0.25) is 0 Å². The predicted molar refractivity (Wildman–Crippen MR) is 98.4 cm³/mol. The number of benzene rings is 1. The van der Waals surface area contributed by atoms with Crippen molar-refractivity contribution in [3.8, 4) is 0 Å². The van der Waals surface area contributed by atoms with Gasteiger partial charge in [-0.25, -0.2) is 4.79 Å². The first-order valence-corrected chi connectivity index (χ1v) is 8.77. The van der Waals surface area contributed by atoms with E-state index in [0.29, 0.717) is 24.4 Å². The maximum absolute atomic E-state index is 12.3. The lowest BCUT2D eigenvalue weighted by Gasteiger charge is -2.37. The standard InChI is InChI=1S/C20H24N2O4/c1-14-5-4-6-18(15(14)2)21-8-10-22(11-9-21)19(23)13-26-20(24)17-7-12-25-16(17)3/h4-7,12H,8-11,13H2,1-3H3. The molecule has 0 atom stereocenters. The fourth-order valence-electron chi connectivity index (χ4n) is 3.17. The van der Waals surface area contributed by atoms with Crippen molar-refractivity contribution < 1.29 is 18.7 Å². The van der Waals surface area contributed by atoms with E-state index in [1.54, 1.807) is 17.9 Å². The summed E-state index contributed by atoms with van der Waals surface area (Å²) in [5.41, 5.74) is 4.12. The van der Waals surface area contributed by atoms with E-state index in [1.165, 1.54) is 23.1 Å². The van der Waals surface area contributed by atoms with E-state index in [9.17, 15) is 9.59 Å². The van der Waals surface area contributed by atoms with Gasteiger partial charge in [0, 0.05) is 31.9 Å². The SMILES string of the molecule is Cc1cccc(N2CCN(C(=O)COC(=O)c3ccoc3C)CC2)c1C. The Labute approximate surface area is 153 Å². The number of carbonyl (C=O) groups excluding carboxylic acids is 2. The van der Waals surface area contributed by atoms with Crippen LogP contribution in [0.2, 0.25) is 0 Å². The molecule has 1 aromatic carbocycles. The second-order valence-electron chi connectivity index (χ2n) is 6.55. The van der Waals surface area contributed by atoms with Crippen molar-refractivity contribution in [2.75, 3.05) is 37.7 Å². The van der Waals surface area contributed by atoms with E-state index in [0.717, 1.165) is 13.1 Å². The zero-order valence-electron chi connectivity index (χ0n) is 15.4. The molecule has 2 heterocycles. The summed E-state index contributed by atoms with van der Waals surface area (Å²) in [4.78, 5) is 28.3. The largest absolute Gasteiger partial charge is 0.469 e. The predicted octanol–water partition coefficient (Wildman–Crippen LogP) is 2.71. The molecule has 138 valence electrons. The number of amides is 1. The summed E-state index contributed by atoms with van der Waals surface area (Å²) in [6.45, 7) is 8.45. The monoisotopic (exact) mass is 356 g/mol. The Morgan fingerprint density at radius 1 is 1.08 bits per heavy atom. The van der Waals surface area contributed by atoms with Gasteiger partial charge in [0.25, 0.3) is 5.91 Å². The van der Waals surface area contributed by atoms with Crippen LogP contribution in [0.25, 0.3) is 0 Å². The van der Waals surface area contributed by atoms with Gasteiger partial charge < -0.3 is 19.0 Å². The third-order valence-electron chi connectivity index (χ3n) is 4.95. The van der Waals surface area contributed by atoms with Crippen molar-refractivity contribution in [3.05, 3.63) is 53.0 Å². The topological polar surface area (TPSA) is 63.0 Å². The number of aryl methyl sites for hydroxylation is 2. The molecular formula is C20H24N2O4. The number of rotatable bonds is 4. The van der Waals surface area contributed by atoms with Gasteiger partial charge >= 0.3 is 5.97 Å². The minimum atomic E-state index is -0.529. The van der Waals surface area contributed by atoms with Crippen molar-refractivity contribution >= 4 is 17.6 Å². The second kappa shape index (κ2) is 7.64. The number of anilines is 1. The van der Waals surface area contributed by atoms with Crippen molar-refractivity contribution in [2.24, 2.45) is 0 Å². The molecule has 1 saturated heterocycles. The number of esters is 1. The normalized spacial score (nSPS) is 14.4. The van der Waals surface area contributed by atoms with E-state index < -0.39 is 5.97 Å². The second-order valence-corrected chi connectivity index (χ2v) is 6.55. The average molecular weight is 356 g/mol. The first-order chi connectivity index (χ1) is 12.5. The molecule has 0 N–H and O–H groups in total. The molecule has 0 saturated carbocycles. The summed E-state index contributed by atoms with van der Waals surface area (Å²) < 4.78 is 10.2. The van der Waals surface area contributed by atoms with Gasteiger partial charge in [0.1, 0.15) is 11.3 Å². The first-order valence-electron chi connectivity index (χ1n) is 8.77. The highest BCUT2D eigenvalue weighted by Gasteiger charge is 2.23. The van der Waals surface area contributed by atoms with E-state index in [4.69, 9.17) is 9.15 Å². The van der Waals surface area contributed by atoms with Crippen molar-refractivity contribution in [1.82, 2.24) is 4.90 Å². The van der Waals surface area contributed by atoms with Crippen LogP contribution >= 0.6 is 0 Å². The highest BCUT2D eigenvalue weighted by molar-refractivity contribution is 5.92. The Bertz CT molecular complexity index is 804. The fraction of sp³-hybridized carbons (Fsp3) is 0.400. The molecule has 1 fully saturated rings. The quantitative estimate of drug-likeness (QED) is 0.788. The molecule has 0 radical (unpaired) electrons. The Kier molecular flexibility index (Phi) is 5.30. The number of hydrogen-bond acceptors (Lipinski definition) is 5. The van der Waals surface area contributed by atoms with E-state index in [1.807, 2.05) is 0 Å². The van der Waals surface area contributed by atoms with Crippen LogP contribution in [-0.2, 0) is 9.53 Å². The average Bonchev–Trinajstić information content (AvgIpc) is 3.08. The molecule has 1 amide bonds. The molecule has 0 bridgehead atoms. The summed E-state index contributed by atoms with van der Waals surface area (Å²) in [5.74, 6) is -0.205. The molecule has 3 rings (SSSR count). The maximum atomic E-state index is 12.3. The molecule has 1 aliphatic heterocycles. The van der Waals surface area contributed by atoms with Crippen LogP contribution in [0, 0.1) is 20.8 Å². The summed E-state index contributed by atoms with van der Waals surface area (Å²) >= 11 is 0. The Morgan fingerprint density at radius 2 is 1.81 bits per heavy atom. The lowest BCUT2D eigenvalue weighted by Crippen LogP contribution is -2.50. The van der Waals surface area contributed by atoms with Gasteiger partial charge in [-0.05, 0) is 44.0 Å². The Hall–Kier alpha value is -2.76. The van der Waals surface area contributed by atoms with Gasteiger partial charge in [0.15, 0.2) is 6.61 Å². The fourth-order valence-corrected chi connectivity index (χ4v) is 3.17. The van der Waals surface area contributed by atoms with Crippen LogP contribution < -0.4 is 4.90 Å². The van der Waals surface area contributed by atoms with Gasteiger partial charge in [-0.1, -0.05) is 12.1 Å². The molecule has 1 aromatic heterocycles. The third-order valence-corrected chi connectivity index (χ3v) is 4.95. The summed E-state index contributed by atoms with van der Waals surface area (Å²) in [6.07, 6.45) is 1.43. The number of ether oxygens (including phenoxy) is 1. The van der Waals surface area contributed by atoms with Crippen LogP contribution in [0.1, 0.15) is 27.2 Å².